The Bertz CT molecular complexity index is 1740. The summed E-state index contributed by atoms with van der Waals surface area (Å²) < 4.78 is 31.0. The van der Waals surface area contributed by atoms with E-state index in [0.29, 0.717) is 12.8 Å². The Morgan fingerprint density at radius 3 is 1.67 bits per heavy atom. The SMILES string of the molecule is CC(O)C(NC(=O)C(CCCCN)NOC(=O)CCC(=O)OC(CO)C1OC(=O)C(OP(=O)(N(C)C)N(C)C)=C1O)C(=O)NC(C(=O)NC(CCCCN)C(=O)NC(CO)C(=O)O)C(C)O. The van der Waals surface area contributed by atoms with Gasteiger partial charge in [-0.1, -0.05) is 0 Å². The zero-order valence-corrected chi connectivity index (χ0v) is 38.6. The average molecular weight is 972 g/mol. The van der Waals surface area contributed by atoms with Crippen LogP contribution in [0.2, 0.25) is 0 Å². The molecule has 0 aromatic rings. The van der Waals surface area contributed by atoms with Crippen molar-refractivity contribution in [3.8, 4) is 0 Å². The number of cyclic esters (lactones) is 1. The summed E-state index contributed by atoms with van der Waals surface area (Å²) >= 11 is 0. The van der Waals surface area contributed by atoms with Gasteiger partial charge in [0.2, 0.25) is 29.7 Å². The molecule has 1 aliphatic heterocycles. The maximum absolute atomic E-state index is 13.5. The predicted molar refractivity (Wildman–Crippen MR) is 226 cm³/mol. The van der Waals surface area contributed by atoms with Crippen LogP contribution in [0.15, 0.2) is 11.5 Å². The number of unbranched alkanes of at least 4 members (excludes halogenated alkanes) is 2. The van der Waals surface area contributed by atoms with Crippen LogP contribution < -0.4 is 38.2 Å². The summed E-state index contributed by atoms with van der Waals surface area (Å²) in [5.41, 5.74) is 13.3. The summed E-state index contributed by atoms with van der Waals surface area (Å²) in [5, 5.41) is 69.0. The third-order valence-corrected chi connectivity index (χ3v) is 12.0. The van der Waals surface area contributed by atoms with Crippen molar-refractivity contribution in [2.24, 2.45) is 11.5 Å². The van der Waals surface area contributed by atoms with Gasteiger partial charge in [-0.05, 0) is 93.7 Å². The molecule has 0 saturated carbocycles. The molecule has 9 atom stereocenters. The molecule has 378 valence electrons. The number of hydrogen-bond donors (Lipinski definition) is 13. The molecule has 66 heavy (non-hydrogen) atoms. The topological polar surface area (TPSA) is 431 Å². The van der Waals surface area contributed by atoms with Crippen molar-refractivity contribution >= 4 is 55.2 Å². The predicted octanol–water partition coefficient (Wildman–Crippen LogP) is -4.93. The Balaban J connectivity index is 3.05. The van der Waals surface area contributed by atoms with E-state index in [4.69, 9.17) is 30.3 Å². The molecule has 29 heteroatoms. The number of nitrogens with two attached hydrogens (primary N) is 2. The van der Waals surface area contributed by atoms with Crippen molar-refractivity contribution in [3.63, 3.8) is 0 Å². The lowest BCUT2D eigenvalue weighted by molar-refractivity contribution is -0.167. The van der Waals surface area contributed by atoms with Crippen molar-refractivity contribution < 1.29 is 92.4 Å². The molecule has 9 unspecified atom stereocenters. The zero-order valence-electron chi connectivity index (χ0n) is 37.7. The molecule has 0 spiro atoms. The molecular formula is C37H66N9O19P. The molecule has 0 aromatic carbocycles. The Morgan fingerprint density at radius 1 is 0.727 bits per heavy atom. The second-order valence-corrected chi connectivity index (χ2v) is 18.1. The van der Waals surface area contributed by atoms with E-state index in [2.05, 4.69) is 26.7 Å². The van der Waals surface area contributed by atoms with Gasteiger partial charge >= 0.3 is 31.5 Å². The first-order chi connectivity index (χ1) is 30.9. The summed E-state index contributed by atoms with van der Waals surface area (Å²) in [6, 6.07) is -8.13. The van der Waals surface area contributed by atoms with E-state index < -0.39 is 147 Å². The minimum atomic E-state index is -3.87. The van der Waals surface area contributed by atoms with Crippen LogP contribution >= 0.6 is 7.67 Å². The Kier molecular flexibility index (Phi) is 25.8. The molecular weight excluding hydrogens is 905 g/mol. The normalized spacial score (nSPS) is 17.6. The maximum Gasteiger partial charge on any atom is 0.395 e. The molecule has 1 rings (SSSR count). The third-order valence-electron chi connectivity index (χ3n) is 9.56. The quantitative estimate of drug-likeness (QED) is 0.00987. The van der Waals surface area contributed by atoms with Gasteiger partial charge in [-0.25, -0.2) is 23.5 Å². The third kappa shape index (κ3) is 18.3. The minimum absolute atomic E-state index is 0.0579. The summed E-state index contributed by atoms with van der Waals surface area (Å²) in [7, 11) is 1.70. The lowest BCUT2D eigenvalue weighted by atomic mass is 10.0. The molecule has 0 radical (unpaired) electrons. The van der Waals surface area contributed by atoms with Crippen molar-refractivity contribution in [1.29, 1.82) is 0 Å². The van der Waals surface area contributed by atoms with Gasteiger partial charge in [-0.15, -0.1) is 5.48 Å². The first-order valence-electron chi connectivity index (χ1n) is 20.8. The molecule has 1 heterocycles. The van der Waals surface area contributed by atoms with Crippen LogP contribution in [0.5, 0.6) is 0 Å². The Morgan fingerprint density at radius 2 is 1.20 bits per heavy atom. The highest BCUT2D eigenvalue weighted by molar-refractivity contribution is 7.54. The fourth-order valence-electron chi connectivity index (χ4n) is 5.77. The number of hydroxylamine groups is 1. The largest absolute Gasteiger partial charge is 0.505 e. The number of nitrogens with one attached hydrogen (secondary N) is 5. The lowest BCUT2D eigenvalue weighted by Crippen LogP contribution is -2.62. The number of rotatable bonds is 32. The number of aliphatic carboxylic acids is 1. The number of aliphatic hydroxyl groups is 5. The number of carbonyl (C=O) groups is 8. The van der Waals surface area contributed by atoms with Crippen LogP contribution in [0.4, 0.5) is 0 Å². The van der Waals surface area contributed by atoms with Crippen molar-refractivity contribution in [1.82, 2.24) is 36.1 Å². The highest BCUT2D eigenvalue weighted by Crippen LogP contribution is 2.53. The molecule has 1 aliphatic rings. The Labute approximate surface area is 380 Å². The van der Waals surface area contributed by atoms with E-state index in [1.807, 2.05) is 0 Å². The number of carbonyl (C=O) groups excluding carboxylic acids is 7. The molecule has 0 aliphatic carbocycles. The van der Waals surface area contributed by atoms with Gasteiger partial charge in [-0.3, -0.25) is 28.8 Å². The fraction of sp³-hybridized carbons (Fsp3) is 0.730. The van der Waals surface area contributed by atoms with E-state index >= 15 is 0 Å². The smallest absolute Gasteiger partial charge is 0.395 e. The van der Waals surface area contributed by atoms with Crippen LogP contribution in [0, 0.1) is 0 Å². The number of esters is 2. The number of hydrogen-bond acceptors (Lipinski definition) is 21. The Hall–Kier alpha value is -5.03. The lowest BCUT2D eigenvalue weighted by Gasteiger charge is -2.29. The second-order valence-electron chi connectivity index (χ2n) is 15.3. The van der Waals surface area contributed by atoms with Gasteiger partial charge < -0.3 is 82.2 Å². The summed E-state index contributed by atoms with van der Waals surface area (Å²) in [4.78, 5) is 107. The minimum Gasteiger partial charge on any atom is -0.505 e. The molecule has 0 fully saturated rings. The van der Waals surface area contributed by atoms with Crippen LogP contribution in [-0.4, -0.2) is 197 Å². The van der Waals surface area contributed by atoms with E-state index in [1.54, 1.807) is 0 Å². The van der Waals surface area contributed by atoms with Crippen molar-refractivity contribution in [2.75, 3.05) is 54.5 Å². The number of amides is 4. The number of ether oxygens (including phenoxy) is 2. The number of nitrogens with zero attached hydrogens (tertiary/aromatic N) is 2. The van der Waals surface area contributed by atoms with Crippen LogP contribution in [0.3, 0.4) is 0 Å². The fourth-order valence-corrected chi connectivity index (χ4v) is 7.22. The van der Waals surface area contributed by atoms with Gasteiger partial charge in [0.25, 0.3) is 5.76 Å². The van der Waals surface area contributed by atoms with Crippen LogP contribution in [-0.2, 0) is 61.8 Å². The van der Waals surface area contributed by atoms with Crippen LogP contribution in [0.1, 0.15) is 65.2 Å². The van der Waals surface area contributed by atoms with Crippen molar-refractivity contribution in [3.05, 3.63) is 11.5 Å². The monoisotopic (exact) mass is 971 g/mol. The van der Waals surface area contributed by atoms with Gasteiger partial charge in [0.1, 0.15) is 30.2 Å². The number of carboxylic acid groups (broad SMARTS) is 1. The molecule has 28 nitrogen and oxygen atoms in total. The van der Waals surface area contributed by atoms with Gasteiger partial charge in [-0.2, -0.15) is 0 Å². The molecule has 0 saturated heterocycles. The van der Waals surface area contributed by atoms with E-state index in [1.165, 1.54) is 28.2 Å². The molecule has 15 N–H and O–H groups in total. The van der Waals surface area contributed by atoms with Gasteiger partial charge in [0.05, 0.1) is 38.3 Å². The standard InChI is InChI=1S/C37H66N9O19P/c1-19(49)27(34(56)40-21(11-7-9-15-38)32(54)41-23(17-47)36(58)59)43-35(57)28(20(2)50)42-33(55)22(12-8-10-16-39)44-64-26(52)14-13-25(51)62-24(18-48)30-29(53)31(37(60)63-30)65-66(61,45(3)4)46(5)6/h19-24,27-28,30,44,47-50,53H,7-18,38-39H2,1-6H3,(H,40,56)(H,41,54)(H,42,55)(H,43,57)(H,58,59). The van der Waals surface area contributed by atoms with E-state index in [0.717, 1.165) is 23.2 Å². The molecule has 0 aromatic heterocycles. The zero-order chi connectivity index (χ0) is 50.5. The first kappa shape index (κ1) is 59.0. The van der Waals surface area contributed by atoms with E-state index in [-0.39, 0.29) is 38.8 Å². The number of carboxylic acids is 1. The van der Waals surface area contributed by atoms with Gasteiger partial charge in [0, 0.05) is 0 Å². The molecule has 0 bridgehead atoms. The number of aliphatic hydroxyl groups excluding tert-OH is 5. The van der Waals surface area contributed by atoms with Crippen molar-refractivity contribution in [2.45, 2.75) is 120 Å². The van der Waals surface area contributed by atoms with Gasteiger partial charge in [0.15, 0.2) is 11.9 Å². The summed E-state index contributed by atoms with van der Waals surface area (Å²) in [6.07, 6.45) is -6.88. The summed E-state index contributed by atoms with van der Waals surface area (Å²) in [5.74, 6) is -11.1. The second kappa shape index (κ2) is 28.9. The highest BCUT2D eigenvalue weighted by Gasteiger charge is 2.46. The average Bonchev–Trinajstić information content (AvgIpc) is 3.52. The molecule has 4 amide bonds. The summed E-state index contributed by atoms with van der Waals surface area (Å²) in [6.45, 7) is 0.714. The van der Waals surface area contributed by atoms with Crippen LogP contribution in [0.25, 0.3) is 0 Å². The highest BCUT2D eigenvalue weighted by atomic mass is 31.2. The first-order valence-corrected chi connectivity index (χ1v) is 22.3. The van der Waals surface area contributed by atoms with E-state index in [9.17, 15) is 73.6 Å². The maximum atomic E-state index is 13.5.